The molecule has 70 heavy (non-hydrogen) atoms. The second-order valence-electron chi connectivity index (χ2n) is 20.6. The predicted octanol–water partition coefficient (Wildman–Crippen LogP) is 20.6. The van der Waals surface area contributed by atoms with Gasteiger partial charge in [-0.2, -0.15) is 0 Å². The van der Waals surface area contributed by atoms with E-state index in [0.29, 0.717) is 19.3 Å². The Morgan fingerprint density at radius 3 is 0.814 bits per heavy atom. The SMILES string of the molecule is CCCCC/C=C\C/C=C\CCCCCCCC(=O)OCC(COC(=O)CCCCCCCCCCC/C=C\C/C=C\CCCCCCC)OC(=O)CCCCCCCCCCCCCCCCCC. The van der Waals surface area contributed by atoms with E-state index in [9.17, 15) is 14.4 Å². The highest BCUT2D eigenvalue weighted by molar-refractivity contribution is 5.71. The zero-order valence-corrected chi connectivity index (χ0v) is 46.8. The van der Waals surface area contributed by atoms with Gasteiger partial charge in [0.05, 0.1) is 0 Å². The fourth-order valence-electron chi connectivity index (χ4n) is 8.92. The minimum Gasteiger partial charge on any atom is -0.462 e. The summed E-state index contributed by atoms with van der Waals surface area (Å²) >= 11 is 0. The van der Waals surface area contributed by atoms with E-state index in [2.05, 4.69) is 69.4 Å². The molecule has 0 rings (SSSR count). The third-order valence-electron chi connectivity index (χ3n) is 13.6. The van der Waals surface area contributed by atoms with Crippen LogP contribution in [0.25, 0.3) is 0 Å². The first-order valence-electron chi connectivity index (χ1n) is 30.6. The van der Waals surface area contributed by atoms with Gasteiger partial charge in [-0.05, 0) is 83.5 Å². The fraction of sp³-hybridized carbons (Fsp3) is 0.828. The van der Waals surface area contributed by atoms with Gasteiger partial charge < -0.3 is 14.2 Å². The average Bonchev–Trinajstić information content (AvgIpc) is 3.36. The third kappa shape index (κ3) is 56.3. The minimum atomic E-state index is -0.779. The van der Waals surface area contributed by atoms with Crippen LogP contribution in [0.5, 0.6) is 0 Å². The second kappa shape index (κ2) is 58.9. The molecule has 0 heterocycles. The average molecular weight is 982 g/mol. The molecule has 0 aromatic carbocycles. The molecule has 0 spiro atoms. The van der Waals surface area contributed by atoms with Crippen molar-refractivity contribution in [2.45, 2.75) is 329 Å². The Balaban J connectivity index is 4.34. The van der Waals surface area contributed by atoms with Crippen LogP contribution >= 0.6 is 0 Å². The highest BCUT2D eigenvalue weighted by Crippen LogP contribution is 2.17. The lowest BCUT2D eigenvalue weighted by molar-refractivity contribution is -0.167. The van der Waals surface area contributed by atoms with Crippen LogP contribution in [0.1, 0.15) is 323 Å². The van der Waals surface area contributed by atoms with Crippen molar-refractivity contribution in [3.8, 4) is 0 Å². The summed E-state index contributed by atoms with van der Waals surface area (Å²) in [6.07, 6.45) is 72.4. The van der Waals surface area contributed by atoms with Gasteiger partial charge in [0.25, 0.3) is 0 Å². The molecular formula is C64H116O6. The topological polar surface area (TPSA) is 78.9 Å². The summed E-state index contributed by atoms with van der Waals surface area (Å²) in [6, 6.07) is 0. The second-order valence-corrected chi connectivity index (χ2v) is 20.6. The molecule has 0 amide bonds. The van der Waals surface area contributed by atoms with Crippen LogP contribution in [-0.2, 0) is 28.6 Å². The smallest absolute Gasteiger partial charge is 0.306 e. The van der Waals surface area contributed by atoms with Gasteiger partial charge >= 0.3 is 17.9 Å². The highest BCUT2D eigenvalue weighted by Gasteiger charge is 2.19. The summed E-state index contributed by atoms with van der Waals surface area (Å²) < 4.78 is 16.9. The van der Waals surface area contributed by atoms with Gasteiger partial charge in [-0.3, -0.25) is 14.4 Å². The molecular weight excluding hydrogens is 865 g/mol. The molecule has 0 aromatic rings. The first kappa shape index (κ1) is 67.4. The molecule has 408 valence electrons. The molecule has 0 fully saturated rings. The van der Waals surface area contributed by atoms with Crippen LogP contribution in [0.3, 0.4) is 0 Å². The van der Waals surface area contributed by atoms with Gasteiger partial charge in [0, 0.05) is 19.3 Å². The van der Waals surface area contributed by atoms with E-state index in [1.54, 1.807) is 0 Å². The first-order chi connectivity index (χ1) is 34.5. The molecule has 6 heteroatoms. The lowest BCUT2D eigenvalue weighted by Crippen LogP contribution is -2.30. The largest absolute Gasteiger partial charge is 0.462 e. The summed E-state index contributed by atoms with van der Waals surface area (Å²) in [5.41, 5.74) is 0. The molecule has 6 nitrogen and oxygen atoms in total. The summed E-state index contributed by atoms with van der Waals surface area (Å²) in [5, 5.41) is 0. The molecule has 0 radical (unpaired) electrons. The normalized spacial score (nSPS) is 12.3. The van der Waals surface area contributed by atoms with Crippen molar-refractivity contribution in [2.75, 3.05) is 13.2 Å². The van der Waals surface area contributed by atoms with Gasteiger partial charge in [-0.1, -0.05) is 268 Å². The van der Waals surface area contributed by atoms with E-state index in [1.807, 2.05) is 0 Å². The summed E-state index contributed by atoms with van der Waals surface area (Å²) in [6.45, 7) is 6.63. The Labute approximate surface area is 435 Å². The van der Waals surface area contributed by atoms with Crippen molar-refractivity contribution in [2.24, 2.45) is 0 Å². The standard InChI is InChI=1S/C64H116O6/c1-4-7-10-13-16-19-22-25-28-30-31-32-33-34-37-39-42-45-48-51-54-57-63(66)69-60-61(59-68-62(65)56-53-50-47-44-41-38-35-27-24-21-18-15-12-9-6-3)70-64(67)58-55-52-49-46-43-40-36-29-26-23-20-17-14-11-8-5-2/h18,21-22,25,27,30-31,35,61H,4-17,19-20,23-24,26,28-29,32-34,36-60H2,1-3H3/b21-18-,25-22-,31-30-,35-27-. The van der Waals surface area contributed by atoms with Crippen LogP contribution in [-0.4, -0.2) is 37.2 Å². The molecule has 0 aromatic heterocycles. The van der Waals surface area contributed by atoms with E-state index in [0.717, 1.165) is 83.5 Å². The number of carbonyl (C=O) groups excluding carboxylic acids is 3. The number of hydrogen-bond acceptors (Lipinski definition) is 6. The molecule has 0 aliphatic carbocycles. The number of allylic oxidation sites excluding steroid dienone is 8. The Kier molecular flexibility index (Phi) is 56.7. The van der Waals surface area contributed by atoms with E-state index < -0.39 is 6.10 Å². The van der Waals surface area contributed by atoms with Crippen molar-refractivity contribution in [1.82, 2.24) is 0 Å². The van der Waals surface area contributed by atoms with Gasteiger partial charge in [-0.15, -0.1) is 0 Å². The van der Waals surface area contributed by atoms with Crippen molar-refractivity contribution < 1.29 is 28.6 Å². The maximum atomic E-state index is 12.9. The quantitative estimate of drug-likeness (QED) is 0.0261. The van der Waals surface area contributed by atoms with E-state index in [4.69, 9.17) is 14.2 Å². The summed E-state index contributed by atoms with van der Waals surface area (Å²) in [5.74, 6) is -0.876. The molecule has 0 aliphatic rings. The maximum Gasteiger partial charge on any atom is 0.306 e. The molecule has 0 saturated carbocycles. The Morgan fingerprint density at radius 2 is 0.514 bits per heavy atom. The van der Waals surface area contributed by atoms with Crippen LogP contribution in [0.2, 0.25) is 0 Å². The van der Waals surface area contributed by atoms with Gasteiger partial charge in [0.1, 0.15) is 13.2 Å². The van der Waals surface area contributed by atoms with Crippen molar-refractivity contribution in [1.29, 1.82) is 0 Å². The third-order valence-corrected chi connectivity index (χ3v) is 13.6. The molecule has 0 saturated heterocycles. The van der Waals surface area contributed by atoms with Gasteiger partial charge in [-0.25, -0.2) is 0 Å². The minimum absolute atomic E-state index is 0.0768. The Bertz CT molecular complexity index is 1220. The zero-order valence-electron chi connectivity index (χ0n) is 46.8. The number of carbonyl (C=O) groups is 3. The lowest BCUT2D eigenvalue weighted by Gasteiger charge is -2.18. The zero-order chi connectivity index (χ0) is 50.7. The van der Waals surface area contributed by atoms with E-state index in [1.165, 1.54) is 199 Å². The number of ether oxygens (including phenoxy) is 3. The van der Waals surface area contributed by atoms with Gasteiger partial charge in [0.15, 0.2) is 6.10 Å². The van der Waals surface area contributed by atoms with Crippen LogP contribution in [0.4, 0.5) is 0 Å². The van der Waals surface area contributed by atoms with Crippen molar-refractivity contribution in [3.63, 3.8) is 0 Å². The number of hydrogen-bond donors (Lipinski definition) is 0. The van der Waals surface area contributed by atoms with Crippen molar-refractivity contribution in [3.05, 3.63) is 48.6 Å². The molecule has 0 N–H and O–H groups in total. The highest BCUT2D eigenvalue weighted by atomic mass is 16.6. The van der Waals surface area contributed by atoms with Crippen LogP contribution in [0, 0.1) is 0 Å². The molecule has 0 bridgehead atoms. The summed E-state index contributed by atoms with van der Waals surface area (Å²) in [4.78, 5) is 38.2. The lowest BCUT2D eigenvalue weighted by atomic mass is 10.0. The predicted molar refractivity (Wildman–Crippen MR) is 302 cm³/mol. The number of unbranched alkanes of at least 4 members (excludes halogenated alkanes) is 37. The monoisotopic (exact) mass is 981 g/mol. The number of rotatable bonds is 56. The van der Waals surface area contributed by atoms with Crippen molar-refractivity contribution >= 4 is 17.9 Å². The Morgan fingerprint density at radius 1 is 0.286 bits per heavy atom. The molecule has 1 atom stereocenters. The number of esters is 3. The fourth-order valence-corrected chi connectivity index (χ4v) is 8.92. The van der Waals surface area contributed by atoms with Crippen LogP contribution < -0.4 is 0 Å². The van der Waals surface area contributed by atoms with E-state index >= 15 is 0 Å². The molecule has 0 aliphatic heterocycles. The Hall–Kier alpha value is -2.63. The van der Waals surface area contributed by atoms with E-state index in [-0.39, 0.29) is 31.1 Å². The first-order valence-corrected chi connectivity index (χ1v) is 30.6. The maximum absolute atomic E-state index is 12.9. The molecule has 1 unspecified atom stereocenters. The summed E-state index contributed by atoms with van der Waals surface area (Å²) in [7, 11) is 0. The van der Waals surface area contributed by atoms with Gasteiger partial charge in [0.2, 0.25) is 0 Å². The van der Waals surface area contributed by atoms with Crippen LogP contribution in [0.15, 0.2) is 48.6 Å².